The van der Waals surface area contributed by atoms with Crippen molar-refractivity contribution in [2.24, 2.45) is 0 Å². The van der Waals surface area contributed by atoms with E-state index in [9.17, 15) is 9.59 Å². The van der Waals surface area contributed by atoms with Crippen molar-refractivity contribution in [1.29, 1.82) is 0 Å². The van der Waals surface area contributed by atoms with Crippen LogP contribution in [0.15, 0.2) is 36.5 Å². The fourth-order valence-corrected chi connectivity index (χ4v) is 8.35. The first-order valence-electron chi connectivity index (χ1n) is 28.5. The van der Waals surface area contributed by atoms with Crippen molar-refractivity contribution >= 4 is 11.9 Å². The highest BCUT2D eigenvalue weighted by molar-refractivity contribution is 5.70. The SMILES string of the molecule is CCCC/C=C\CCCCCCCCOCC(COC(=O)CCCCCCCCCCC/C=C\C/C=C\CCCCC)OC(=O)CCCCCCCCCCCCCCCCCCC. The van der Waals surface area contributed by atoms with Crippen molar-refractivity contribution in [3.8, 4) is 0 Å². The van der Waals surface area contributed by atoms with Gasteiger partial charge < -0.3 is 14.2 Å². The fourth-order valence-electron chi connectivity index (χ4n) is 8.35. The van der Waals surface area contributed by atoms with E-state index < -0.39 is 6.10 Å². The van der Waals surface area contributed by atoms with Gasteiger partial charge in [0.2, 0.25) is 0 Å². The molecule has 376 valence electrons. The van der Waals surface area contributed by atoms with Gasteiger partial charge in [-0.2, -0.15) is 0 Å². The smallest absolute Gasteiger partial charge is 0.306 e. The number of carbonyl (C=O) groups excluding carboxylic acids is 2. The summed E-state index contributed by atoms with van der Waals surface area (Å²) in [6, 6.07) is 0. The van der Waals surface area contributed by atoms with Crippen molar-refractivity contribution in [3.05, 3.63) is 36.5 Å². The molecule has 5 heteroatoms. The van der Waals surface area contributed by atoms with Crippen LogP contribution in [0.25, 0.3) is 0 Å². The number of ether oxygens (including phenoxy) is 3. The van der Waals surface area contributed by atoms with Crippen LogP contribution in [0, 0.1) is 0 Å². The Morgan fingerprint density at radius 1 is 0.344 bits per heavy atom. The van der Waals surface area contributed by atoms with E-state index in [1.165, 1.54) is 225 Å². The summed E-state index contributed by atoms with van der Waals surface area (Å²) >= 11 is 0. The Balaban J connectivity index is 4.20. The molecule has 0 aromatic carbocycles. The minimum absolute atomic E-state index is 0.0858. The Kier molecular flexibility index (Phi) is 53.8. The van der Waals surface area contributed by atoms with E-state index in [0.717, 1.165) is 44.9 Å². The zero-order valence-corrected chi connectivity index (χ0v) is 43.3. The van der Waals surface area contributed by atoms with Gasteiger partial charge in [0.25, 0.3) is 0 Å². The lowest BCUT2D eigenvalue weighted by Crippen LogP contribution is -2.30. The molecule has 0 radical (unpaired) electrons. The van der Waals surface area contributed by atoms with Gasteiger partial charge in [-0.25, -0.2) is 0 Å². The monoisotopic (exact) mass is 899 g/mol. The van der Waals surface area contributed by atoms with Gasteiger partial charge in [-0.15, -0.1) is 0 Å². The summed E-state index contributed by atoms with van der Waals surface area (Å²) in [7, 11) is 0. The van der Waals surface area contributed by atoms with Crippen LogP contribution in [0.4, 0.5) is 0 Å². The number of rotatable bonds is 53. The second kappa shape index (κ2) is 55.4. The minimum atomic E-state index is -0.536. The summed E-state index contributed by atoms with van der Waals surface area (Å²) in [6.07, 6.45) is 67.3. The number of unbranched alkanes of at least 4 members (excludes halogenated alkanes) is 36. The molecule has 1 unspecified atom stereocenters. The van der Waals surface area contributed by atoms with Crippen molar-refractivity contribution < 1.29 is 23.8 Å². The van der Waals surface area contributed by atoms with Crippen LogP contribution in [0.3, 0.4) is 0 Å². The highest BCUT2D eigenvalue weighted by Crippen LogP contribution is 2.16. The van der Waals surface area contributed by atoms with Crippen LogP contribution >= 0.6 is 0 Å². The molecule has 0 fully saturated rings. The van der Waals surface area contributed by atoms with E-state index in [-0.39, 0.29) is 25.2 Å². The maximum Gasteiger partial charge on any atom is 0.306 e. The molecule has 0 rings (SSSR count). The molecule has 0 amide bonds. The highest BCUT2D eigenvalue weighted by Gasteiger charge is 2.17. The van der Waals surface area contributed by atoms with E-state index in [1.807, 2.05) is 0 Å². The van der Waals surface area contributed by atoms with Gasteiger partial charge >= 0.3 is 11.9 Å². The molecule has 0 saturated carbocycles. The first-order valence-corrected chi connectivity index (χ1v) is 28.5. The predicted octanol–water partition coefficient (Wildman–Crippen LogP) is 19.4. The standard InChI is InChI=1S/C59H110O5/c1-4-7-10-13-16-19-22-25-27-29-30-32-33-35-37-40-43-46-49-52-58(60)63-56-57(55-62-54-51-48-45-42-39-24-21-18-15-12-9-6-3)64-59(61)53-50-47-44-41-38-36-34-31-28-26-23-20-17-14-11-8-5-2/h15-16,18-19,25,27,57H,4-14,17,20-24,26,28-56H2,1-3H3/b18-15-,19-16-,27-25-. The average Bonchev–Trinajstić information content (AvgIpc) is 3.30. The molecule has 0 aromatic heterocycles. The Labute approximate surface area is 400 Å². The summed E-state index contributed by atoms with van der Waals surface area (Å²) < 4.78 is 17.5. The van der Waals surface area contributed by atoms with E-state index in [4.69, 9.17) is 14.2 Å². The van der Waals surface area contributed by atoms with Gasteiger partial charge in [0.15, 0.2) is 6.10 Å². The van der Waals surface area contributed by atoms with Crippen molar-refractivity contribution in [2.45, 2.75) is 309 Å². The normalized spacial score (nSPS) is 12.4. The van der Waals surface area contributed by atoms with Gasteiger partial charge in [-0.05, 0) is 70.6 Å². The van der Waals surface area contributed by atoms with Crippen LogP contribution in [-0.4, -0.2) is 37.9 Å². The second-order valence-electron chi connectivity index (χ2n) is 19.2. The first-order chi connectivity index (χ1) is 31.6. The molecule has 5 nitrogen and oxygen atoms in total. The molecule has 0 spiro atoms. The maximum atomic E-state index is 12.8. The molecule has 0 aliphatic rings. The third-order valence-electron chi connectivity index (χ3n) is 12.6. The minimum Gasteiger partial charge on any atom is -0.462 e. The summed E-state index contributed by atoms with van der Waals surface area (Å²) in [5.74, 6) is -0.387. The van der Waals surface area contributed by atoms with E-state index >= 15 is 0 Å². The molecule has 0 heterocycles. The summed E-state index contributed by atoms with van der Waals surface area (Å²) in [6.45, 7) is 7.81. The largest absolute Gasteiger partial charge is 0.462 e. The lowest BCUT2D eigenvalue weighted by Gasteiger charge is -2.18. The quantitative estimate of drug-likeness (QED) is 0.0346. The third-order valence-corrected chi connectivity index (χ3v) is 12.6. The van der Waals surface area contributed by atoms with Crippen LogP contribution in [0.1, 0.15) is 303 Å². The van der Waals surface area contributed by atoms with Crippen LogP contribution in [-0.2, 0) is 23.8 Å². The molecular formula is C59H110O5. The van der Waals surface area contributed by atoms with Gasteiger partial charge in [-0.3, -0.25) is 9.59 Å². The molecule has 0 N–H and O–H groups in total. The molecule has 0 bridgehead atoms. The van der Waals surface area contributed by atoms with Crippen LogP contribution in [0.2, 0.25) is 0 Å². The van der Waals surface area contributed by atoms with Crippen LogP contribution in [0.5, 0.6) is 0 Å². The lowest BCUT2D eigenvalue weighted by molar-refractivity contribution is -0.163. The van der Waals surface area contributed by atoms with Gasteiger partial charge in [0.05, 0.1) is 6.61 Å². The van der Waals surface area contributed by atoms with Crippen molar-refractivity contribution in [3.63, 3.8) is 0 Å². The van der Waals surface area contributed by atoms with Crippen LogP contribution < -0.4 is 0 Å². The summed E-state index contributed by atoms with van der Waals surface area (Å²) in [4.78, 5) is 25.5. The van der Waals surface area contributed by atoms with Gasteiger partial charge in [0, 0.05) is 19.4 Å². The van der Waals surface area contributed by atoms with E-state index in [0.29, 0.717) is 19.4 Å². The summed E-state index contributed by atoms with van der Waals surface area (Å²) in [5, 5.41) is 0. The zero-order chi connectivity index (χ0) is 46.3. The van der Waals surface area contributed by atoms with E-state index in [2.05, 4.69) is 57.2 Å². The number of hydrogen-bond donors (Lipinski definition) is 0. The zero-order valence-electron chi connectivity index (χ0n) is 43.3. The average molecular weight is 900 g/mol. The molecule has 0 aromatic rings. The number of carbonyl (C=O) groups is 2. The number of hydrogen-bond acceptors (Lipinski definition) is 5. The third kappa shape index (κ3) is 52.7. The molecule has 0 aliphatic heterocycles. The Morgan fingerprint density at radius 3 is 1.12 bits per heavy atom. The Hall–Kier alpha value is -1.88. The molecular weight excluding hydrogens is 789 g/mol. The maximum absolute atomic E-state index is 12.8. The predicted molar refractivity (Wildman–Crippen MR) is 279 cm³/mol. The Morgan fingerprint density at radius 2 is 0.672 bits per heavy atom. The number of esters is 2. The molecule has 0 saturated heterocycles. The molecule has 64 heavy (non-hydrogen) atoms. The lowest BCUT2D eigenvalue weighted by atomic mass is 10.0. The topological polar surface area (TPSA) is 61.8 Å². The first kappa shape index (κ1) is 62.1. The highest BCUT2D eigenvalue weighted by atomic mass is 16.6. The Bertz CT molecular complexity index is 1020. The van der Waals surface area contributed by atoms with Gasteiger partial charge in [0.1, 0.15) is 6.61 Å². The number of allylic oxidation sites excluding steroid dienone is 6. The second-order valence-corrected chi connectivity index (χ2v) is 19.2. The fraction of sp³-hybridized carbons (Fsp3) is 0.864. The van der Waals surface area contributed by atoms with Crippen molar-refractivity contribution in [2.75, 3.05) is 19.8 Å². The van der Waals surface area contributed by atoms with Crippen molar-refractivity contribution in [1.82, 2.24) is 0 Å². The van der Waals surface area contributed by atoms with Gasteiger partial charge in [-0.1, -0.05) is 256 Å². The van der Waals surface area contributed by atoms with E-state index in [1.54, 1.807) is 0 Å². The molecule has 1 atom stereocenters. The summed E-state index contributed by atoms with van der Waals surface area (Å²) in [5.41, 5.74) is 0. The molecule has 0 aliphatic carbocycles.